The Hall–Kier alpha value is -3.68. The zero-order chi connectivity index (χ0) is 21.1. The Morgan fingerprint density at radius 3 is 2.57 bits per heavy atom. The molecule has 0 spiro atoms. The normalized spacial score (nSPS) is 13.4. The molecule has 6 nitrogen and oxygen atoms in total. The van der Waals surface area contributed by atoms with Gasteiger partial charge < -0.3 is 20.1 Å². The summed E-state index contributed by atoms with van der Waals surface area (Å²) in [7, 11) is 0. The van der Waals surface area contributed by atoms with E-state index in [0.717, 1.165) is 22.4 Å². The fourth-order valence-electron chi connectivity index (χ4n) is 3.28. The summed E-state index contributed by atoms with van der Waals surface area (Å²) in [5, 5.41) is 0. The summed E-state index contributed by atoms with van der Waals surface area (Å²) in [6, 6.07) is 15.1. The smallest absolute Gasteiger partial charge is 0.387 e. The van der Waals surface area contributed by atoms with Gasteiger partial charge in [-0.3, -0.25) is 4.79 Å². The standard InChI is InChI=1S/C22H19F2N3O3/c23-22(24)30-18-5-1-14(2-6-18)21(28)27-9-10-29-19-7-3-15(11-17(19)13-27)16-4-8-20(25)26-12-16/h1-8,11-12,22H,9-10,13H2,(H2,25,26). The van der Waals surface area contributed by atoms with Gasteiger partial charge in [-0.15, -0.1) is 0 Å². The summed E-state index contributed by atoms with van der Waals surface area (Å²) in [4.78, 5) is 18.7. The number of pyridine rings is 1. The largest absolute Gasteiger partial charge is 0.491 e. The molecule has 30 heavy (non-hydrogen) atoms. The van der Waals surface area contributed by atoms with Crippen molar-refractivity contribution in [3.05, 3.63) is 71.9 Å². The molecule has 0 fully saturated rings. The Morgan fingerprint density at radius 1 is 1.10 bits per heavy atom. The predicted octanol–water partition coefficient (Wildman–Crippen LogP) is 3.97. The highest BCUT2D eigenvalue weighted by molar-refractivity contribution is 5.94. The number of fused-ring (bicyclic) bond motifs is 1. The molecule has 0 aliphatic carbocycles. The van der Waals surface area contributed by atoms with Gasteiger partial charge in [0.25, 0.3) is 5.91 Å². The first kappa shape index (κ1) is 19.6. The summed E-state index contributed by atoms with van der Waals surface area (Å²) >= 11 is 0. The van der Waals surface area contributed by atoms with Crippen molar-refractivity contribution in [2.75, 3.05) is 18.9 Å². The lowest BCUT2D eigenvalue weighted by atomic mass is 10.0. The SMILES string of the molecule is Nc1ccc(-c2ccc3c(c2)CN(C(=O)c2ccc(OC(F)F)cc2)CCO3)cn1. The lowest BCUT2D eigenvalue weighted by Gasteiger charge is -2.20. The van der Waals surface area contributed by atoms with Crippen LogP contribution >= 0.6 is 0 Å². The predicted molar refractivity (Wildman–Crippen MR) is 107 cm³/mol. The third kappa shape index (κ3) is 4.32. The Kier molecular flexibility index (Phi) is 5.47. The molecule has 0 unspecified atom stereocenters. The third-order valence-corrected chi connectivity index (χ3v) is 4.77. The highest BCUT2D eigenvalue weighted by atomic mass is 19.3. The number of hydrogen-bond acceptors (Lipinski definition) is 5. The first-order chi connectivity index (χ1) is 14.5. The van der Waals surface area contributed by atoms with Crippen LogP contribution in [0.2, 0.25) is 0 Å². The molecule has 1 aromatic heterocycles. The molecule has 1 aliphatic rings. The van der Waals surface area contributed by atoms with Gasteiger partial charge in [-0.2, -0.15) is 8.78 Å². The van der Waals surface area contributed by atoms with Gasteiger partial charge in [0, 0.05) is 29.4 Å². The summed E-state index contributed by atoms with van der Waals surface area (Å²) in [5.74, 6) is 0.958. The van der Waals surface area contributed by atoms with E-state index in [0.29, 0.717) is 31.1 Å². The molecular formula is C22H19F2N3O3. The van der Waals surface area contributed by atoms with Gasteiger partial charge >= 0.3 is 6.61 Å². The van der Waals surface area contributed by atoms with E-state index >= 15 is 0 Å². The van der Waals surface area contributed by atoms with E-state index in [4.69, 9.17) is 10.5 Å². The number of rotatable bonds is 4. The fourth-order valence-corrected chi connectivity index (χ4v) is 3.28. The number of carbonyl (C=O) groups excluding carboxylic acids is 1. The van der Waals surface area contributed by atoms with Gasteiger partial charge in [0.05, 0.1) is 6.54 Å². The van der Waals surface area contributed by atoms with Crippen LogP contribution in [-0.4, -0.2) is 35.6 Å². The number of anilines is 1. The maximum Gasteiger partial charge on any atom is 0.387 e. The van der Waals surface area contributed by atoms with Crippen LogP contribution in [0.5, 0.6) is 11.5 Å². The van der Waals surface area contributed by atoms with Crippen molar-refractivity contribution in [2.45, 2.75) is 13.2 Å². The molecule has 4 rings (SSSR count). The van der Waals surface area contributed by atoms with E-state index < -0.39 is 6.61 Å². The number of carbonyl (C=O) groups is 1. The summed E-state index contributed by atoms with van der Waals surface area (Å²) in [6.07, 6.45) is 1.70. The number of nitrogen functional groups attached to an aromatic ring is 1. The number of ether oxygens (including phenoxy) is 2. The molecule has 0 saturated carbocycles. The second-order valence-corrected chi connectivity index (χ2v) is 6.77. The van der Waals surface area contributed by atoms with Crippen molar-refractivity contribution < 1.29 is 23.0 Å². The van der Waals surface area contributed by atoms with Crippen molar-refractivity contribution in [2.24, 2.45) is 0 Å². The molecule has 0 saturated heterocycles. The van der Waals surface area contributed by atoms with E-state index in [1.165, 1.54) is 24.3 Å². The molecule has 8 heteroatoms. The highest BCUT2D eigenvalue weighted by Gasteiger charge is 2.22. The van der Waals surface area contributed by atoms with Crippen LogP contribution in [-0.2, 0) is 6.54 Å². The molecule has 1 aliphatic heterocycles. The van der Waals surface area contributed by atoms with Crippen molar-refractivity contribution in [3.8, 4) is 22.6 Å². The topological polar surface area (TPSA) is 77.7 Å². The van der Waals surface area contributed by atoms with Gasteiger partial charge in [0.1, 0.15) is 23.9 Å². The van der Waals surface area contributed by atoms with E-state index in [1.807, 2.05) is 24.3 Å². The van der Waals surface area contributed by atoms with E-state index in [1.54, 1.807) is 17.2 Å². The van der Waals surface area contributed by atoms with Gasteiger partial charge in [-0.25, -0.2) is 4.98 Å². The number of nitrogens with zero attached hydrogens (tertiary/aromatic N) is 2. The minimum absolute atomic E-state index is 0.00726. The Bertz CT molecular complexity index is 1040. The fraction of sp³-hybridized carbons (Fsp3) is 0.182. The highest BCUT2D eigenvalue weighted by Crippen LogP contribution is 2.30. The Labute approximate surface area is 171 Å². The van der Waals surface area contributed by atoms with Crippen LogP contribution in [0.3, 0.4) is 0 Å². The van der Waals surface area contributed by atoms with Crippen molar-refractivity contribution in [3.63, 3.8) is 0 Å². The number of halogens is 2. The summed E-state index contributed by atoms with van der Waals surface area (Å²) in [6.45, 7) is -1.79. The van der Waals surface area contributed by atoms with Gasteiger partial charge in [0.15, 0.2) is 0 Å². The van der Waals surface area contributed by atoms with Crippen LogP contribution in [0, 0.1) is 0 Å². The second-order valence-electron chi connectivity index (χ2n) is 6.77. The Morgan fingerprint density at radius 2 is 1.87 bits per heavy atom. The van der Waals surface area contributed by atoms with E-state index in [-0.39, 0.29) is 11.7 Å². The zero-order valence-corrected chi connectivity index (χ0v) is 15.9. The molecule has 0 atom stereocenters. The number of benzene rings is 2. The molecular weight excluding hydrogens is 392 g/mol. The average Bonchev–Trinajstić information content (AvgIpc) is 2.96. The molecule has 2 N–H and O–H groups in total. The van der Waals surface area contributed by atoms with Crippen LogP contribution in [0.25, 0.3) is 11.1 Å². The molecule has 0 bridgehead atoms. The molecule has 2 aromatic carbocycles. The van der Waals surface area contributed by atoms with Gasteiger partial charge in [-0.1, -0.05) is 6.07 Å². The molecule has 2 heterocycles. The average molecular weight is 411 g/mol. The number of alkyl halides is 2. The van der Waals surface area contributed by atoms with Crippen molar-refractivity contribution in [1.29, 1.82) is 0 Å². The minimum atomic E-state index is -2.91. The molecule has 154 valence electrons. The van der Waals surface area contributed by atoms with Crippen LogP contribution in [0.15, 0.2) is 60.8 Å². The molecule has 1 amide bonds. The van der Waals surface area contributed by atoms with E-state index in [2.05, 4.69) is 9.72 Å². The number of amides is 1. The maximum atomic E-state index is 12.9. The first-order valence-electron chi connectivity index (χ1n) is 9.31. The second kappa shape index (κ2) is 8.36. The van der Waals surface area contributed by atoms with Crippen molar-refractivity contribution in [1.82, 2.24) is 9.88 Å². The van der Waals surface area contributed by atoms with Crippen LogP contribution < -0.4 is 15.2 Å². The summed E-state index contributed by atoms with van der Waals surface area (Å²) in [5.41, 5.74) is 8.76. The lowest BCUT2D eigenvalue weighted by molar-refractivity contribution is -0.0498. The minimum Gasteiger partial charge on any atom is -0.491 e. The number of aromatic nitrogens is 1. The van der Waals surface area contributed by atoms with Crippen molar-refractivity contribution >= 4 is 11.7 Å². The summed E-state index contributed by atoms with van der Waals surface area (Å²) < 4.78 is 34.8. The number of nitrogens with two attached hydrogens (primary N) is 1. The first-order valence-corrected chi connectivity index (χ1v) is 9.31. The molecule has 0 radical (unpaired) electrons. The van der Waals surface area contributed by atoms with Crippen LogP contribution in [0.1, 0.15) is 15.9 Å². The molecule has 3 aromatic rings. The lowest BCUT2D eigenvalue weighted by Crippen LogP contribution is -2.32. The van der Waals surface area contributed by atoms with Gasteiger partial charge in [0.2, 0.25) is 0 Å². The van der Waals surface area contributed by atoms with Gasteiger partial charge in [-0.05, 0) is 54.1 Å². The monoisotopic (exact) mass is 411 g/mol. The third-order valence-electron chi connectivity index (χ3n) is 4.77. The zero-order valence-electron chi connectivity index (χ0n) is 15.9. The maximum absolute atomic E-state index is 12.9. The number of hydrogen-bond donors (Lipinski definition) is 1. The quantitative estimate of drug-likeness (QED) is 0.703. The van der Waals surface area contributed by atoms with Crippen LogP contribution in [0.4, 0.5) is 14.6 Å². The van der Waals surface area contributed by atoms with E-state index in [9.17, 15) is 13.6 Å². The Balaban J connectivity index is 1.55.